The van der Waals surface area contributed by atoms with Crippen molar-refractivity contribution in [2.45, 2.75) is 65.2 Å². The van der Waals surface area contributed by atoms with Crippen molar-refractivity contribution in [2.75, 3.05) is 13.2 Å². The standard InChI is InChI=1S/C28H38N4O4/c1-3-19-35-25-15-11-23(12-16-25)21-29-31-27(33)9-7-5-6-8-10-28(34)32-30-22-24-13-17-26(18-14-24)36-20-4-2/h11-18,21-22H,3-10,19-20H2,1-2H3,(H,31,33)(H,32,34)/b29-21-,30-22-. The van der Waals surface area contributed by atoms with Gasteiger partial charge in [-0.15, -0.1) is 0 Å². The van der Waals surface area contributed by atoms with Crippen LogP contribution < -0.4 is 20.3 Å². The van der Waals surface area contributed by atoms with Crippen LogP contribution in [0, 0.1) is 0 Å². The summed E-state index contributed by atoms with van der Waals surface area (Å²) in [6.07, 6.45) is 9.21. The molecule has 2 amide bonds. The summed E-state index contributed by atoms with van der Waals surface area (Å²) in [6, 6.07) is 15.1. The highest BCUT2D eigenvalue weighted by Crippen LogP contribution is 2.12. The minimum atomic E-state index is -0.119. The predicted octanol–water partition coefficient (Wildman–Crippen LogP) is 5.21. The molecule has 0 atom stereocenters. The van der Waals surface area contributed by atoms with Crippen molar-refractivity contribution >= 4 is 24.2 Å². The fourth-order valence-electron chi connectivity index (χ4n) is 3.13. The van der Waals surface area contributed by atoms with E-state index < -0.39 is 0 Å². The van der Waals surface area contributed by atoms with Crippen LogP contribution in [0.5, 0.6) is 11.5 Å². The lowest BCUT2D eigenvalue weighted by Gasteiger charge is -2.04. The van der Waals surface area contributed by atoms with E-state index in [2.05, 4.69) is 34.9 Å². The summed E-state index contributed by atoms with van der Waals surface area (Å²) in [7, 11) is 0. The number of benzene rings is 2. The zero-order chi connectivity index (χ0) is 25.8. The Bertz CT molecular complexity index is 877. The molecule has 0 bridgehead atoms. The van der Waals surface area contributed by atoms with Crippen molar-refractivity contribution in [2.24, 2.45) is 10.2 Å². The largest absolute Gasteiger partial charge is 0.494 e. The molecule has 8 heteroatoms. The van der Waals surface area contributed by atoms with Crippen molar-refractivity contribution in [1.82, 2.24) is 10.9 Å². The fraction of sp³-hybridized carbons (Fsp3) is 0.429. The minimum Gasteiger partial charge on any atom is -0.494 e. The maximum Gasteiger partial charge on any atom is 0.240 e. The Morgan fingerprint density at radius 1 is 0.667 bits per heavy atom. The summed E-state index contributed by atoms with van der Waals surface area (Å²) in [6.45, 7) is 5.51. The smallest absolute Gasteiger partial charge is 0.240 e. The lowest BCUT2D eigenvalue weighted by Crippen LogP contribution is -2.17. The van der Waals surface area contributed by atoms with Crippen molar-refractivity contribution in [3.05, 3.63) is 59.7 Å². The van der Waals surface area contributed by atoms with Crippen molar-refractivity contribution < 1.29 is 19.1 Å². The number of hydrogen-bond acceptors (Lipinski definition) is 6. The first-order valence-corrected chi connectivity index (χ1v) is 12.7. The molecule has 2 aromatic rings. The van der Waals surface area contributed by atoms with E-state index in [-0.39, 0.29) is 11.8 Å². The lowest BCUT2D eigenvalue weighted by atomic mass is 10.1. The Balaban J connectivity index is 1.50. The van der Waals surface area contributed by atoms with Gasteiger partial charge in [0.05, 0.1) is 25.6 Å². The average Bonchev–Trinajstić information content (AvgIpc) is 2.89. The quantitative estimate of drug-likeness (QED) is 0.179. The van der Waals surface area contributed by atoms with E-state index in [1.807, 2.05) is 48.5 Å². The van der Waals surface area contributed by atoms with Gasteiger partial charge in [-0.2, -0.15) is 10.2 Å². The van der Waals surface area contributed by atoms with E-state index in [0.717, 1.165) is 61.2 Å². The topological polar surface area (TPSA) is 101 Å². The third-order valence-electron chi connectivity index (χ3n) is 5.07. The number of nitrogens with one attached hydrogen (secondary N) is 2. The van der Waals surface area contributed by atoms with Gasteiger partial charge in [0.2, 0.25) is 11.8 Å². The molecule has 36 heavy (non-hydrogen) atoms. The predicted molar refractivity (Wildman–Crippen MR) is 144 cm³/mol. The van der Waals surface area contributed by atoms with E-state index >= 15 is 0 Å². The van der Waals surface area contributed by atoms with Gasteiger partial charge >= 0.3 is 0 Å². The highest BCUT2D eigenvalue weighted by Gasteiger charge is 2.02. The Hall–Kier alpha value is -3.68. The molecule has 0 heterocycles. The summed E-state index contributed by atoms with van der Waals surface area (Å²) in [4.78, 5) is 23.8. The molecule has 0 radical (unpaired) electrons. The second-order valence-corrected chi connectivity index (χ2v) is 8.34. The summed E-state index contributed by atoms with van der Waals surface area (Å²) >= 11 is 0. The van der Waals surface area contributed by atoms with Crippen LogP contribution in [0.1, 0.15) is 76.3 Å². The van der Waals surface area contributed by atoms with E-state index in [4.69, 9.17) is 9.47 Å². The summed E-state index contributed by atoms with van der Waals surface area (Å²) in [5, 5.41) is 8.00. The molecule has 0 saturated heterocycles. The number of nitrogens with zero attached hydrogens (tertiary/aromatic N) is 2. The second-order valence-electron chi connectivity index (χ2n) is 8.34. The number of unbranched alkanes of at least 4 members (excludes halogenated alkanes) is 3. The molecule has 0 saturated carbocycles. The first-order valence-electron chi connectivity index (χ1n) is 12.7. The number of rotatable bonds is 17. The molecule has 0 fully saturated rings. The Morgan fingerprint density at radius 3 is 1.42 bits per heavy atom. The fourth-order valence-corrected chi connectivity index (χ4v) is 3.13. The molecule has 0 aliphatic heterocycles. The number of amides is 2. The number of hydrazone groups is 2. The molecule has 8 nitrogen and oxygen atoms in total. The second kappa shape index (κ2) is 17.7. The molecule has 0 aliphatic rings. The van der Waals surface area contributed by atoms with E-state index in [0.29, 0.717) is 26.1 Å². The molecule has 194 valence electrons. The van der Waals surface area contributed by atoms with Crippen LogP contribution in [-0.2, 0) is 9.59 Å². The van der Waals surface area contributed by atoms with Gasteiger partial charge in [-0.3, -0.25) is 9.59 Å². The lowest BCUT2D eigenvalue weighted by molar-refractivity contribution is -0.122. The average molecular weight is 495 g/mol. The number of carbonyl (C=O) groups is 2. The van der Waals surface area contributed by atoms with Crippen LogP contribution in [0.2, 0.25) is 0 Å². The molecule has 0 aliphatic carbocycles. The van der Waals surface area contributed by atoms with Crippen LogP contribution >= 0.6 is 0 Å². The van der Waals surface area contributed by atoms with Gasteiger partial charge < -0.3 is 9.47 Å². The van der Waals surface area contributed by atoms with E-state index in [1.165, 1.54) is 0 Å². The van der Waals surface area contributed by atoms with E-state index in [9.17, 15) is 9.59 Å². The summed E-state index contributed by atoms with van der Waals surface area (Å²) < 4.78 is 11.1. The maximum absolute atomic E-state index is 11.9. The Morgan fingerprint density at radius 2 is 1.06 bits per heavy atom. The first kappa shape index (κ1) is 28.6. The van der Waals surface area contributed by atoms with Gasteiger partial charge in [-0.1, -0.05) is 26.7 Å². The Labute approximate surface area is 214 Å². The van der Waals surface area contributed by atoms with Crippen LogP contribution in [0.15, 0.2) is 58.7 Å². The highest BCUT2D eigenvalue weighted by molar-refractivity contribution is 5.83. The van der Waals surface area contributed by atoms with Crippen LogP contribution in [-0.4, -0.2) is 37.5 Å². The van der Waals surface area contributed by atoms with Gasteiger partial charge in [-0.05, 0) is 85.3 Å². The van der Waals surface area contributed by atoms with Crippen molar-refractivity contribution in [3.63, 3.8) is 0 Å². The highest BCUT2D eigenvalue weighted by atomic mass is 16.5. The SMILES string of the molecule is CCCOc1ccc(/C=N\NC(=O)CCCCCCC(=O)N/N=C\c2ccc(OCCC)cc2)cc1. The zero-order valence-electron chi connectivity index (χ0n) is 21.4. The van der Waals surface area contributed by atoms with E-state index in [1.54, 1.807) is 12.4 Å². The van der Waals surface area contributed by atoms with Gasteiger partial charge in [0.1, 0.15) is 11.5 Å². The Kier molecular flexibility index (Phi) is 14.0. The molecule has 2 aromatic carbocycles. The molecule has 0 spiro atoms. The number of carbonyl (C=O) groups excluding carboxylic acids is 2. The third-order valence-corrected chi connectivity index (χ3v) is 5.07. The summed E-state index contributed by atoms with van der Waals surface area (Å²) in [5.74, 6) is 1.40. The monoisotopic (exact) mass is 494 g/mol. The molecule has 0 unspecified atom stereocenters. The summed E-state index contributed by atoms with van der Waals surface area (Å²) in [5.41, 5.74) is 6.87. The van der Waals surface area contributed by atoms with Crippen LogP contribution in [0.3, 0.4) is 0 Å². The van der Waals surface area contributed by atoms with Gasteiger partial charge in [0.25, 0.3) is 0 Å². The molecular weight excluding hydrogens is 456 g/mol. The van der Waals surface area contributed by atoms with Gasteiger partial charge in [0.15, 0.2) is 0 Å². The minimum absolute atomic E-state index is 0.119. The van der Waals surface area contributed by atoms with Crippen LogP contribution in [0.25, 0.3) is 0 Å². The zero-order valence-corrected chi connectivity index (χ0v) is 21.4. The number of hydrogen-bond donors (Lipinski definition) is 2. The van der Waals surface area contributed by atoms with Crippen LogP contribution in [0.4, 0.5) is 0 Å². The van der Waals surface area contributed by atoms with Gasteiger partial charge in [0, 0.05) is 12.8 Å². The maximum atomic E-state index is 11.9. The van der Waals surface area contributed by atoms with Gasteiger partial charge in [-0.25, -0.2) is 10.9 Å². The van der Waals surface area contributed by atoms with Crippen molar-refractivity contribution in [3.8, 4) is 11.5 Å². The first-order chi connectivity index (χ1) is 17.6. The number of ether oxygens (including phenoxy) is 2. The molecular formula is C28H38N4O4. The molecule has 0 aromatic heterocycles. The molecule has 2 rings (SSSR count). The third kappa shape index (κ3) is 12.7. The van der Waals surface area contributed by atoms with Crippen molar-refractivity contribution in [1.29, 1.82) is 0 Å². The molecule has 2 N–H and O–H groups in total. The normalized spacial score (nSPS) is 11.1.